The van der Waals surface area contributed by atoms with Crippen LogP contribution in [0.5, 0.6) is 0 Å². The number of rotatable bonds is 4. The summed E-state index contributed by atoms with van der Waals surface area (Å²) < 4.78 is 0. The molecule has 1 N–H and O–H groups in total. The predicted molar refractivity (Wildman–Crippen MR) is 80.8 cm³/mol. The molecule has 1 atom stereocenters. The molecule has 1 fully saturated rings. The molecule has 0 spiro atoms. The molecule has 1 amide bonds. The summed E-state index contributed by atoms with van der Waals surface area (Å²) >= 11 is 1.67. The number of nitrogens with zero attached hydrogens (tertiary/aromatic N) is 1. The van der Waals surface area contributed by atoms with Gasteiger partial charge in [0.25, 0.3) is 5.91 Å². The summed E-state index contributed by atoms with van der Waals surface area (Å²) in [5, 5.41) is 8.95. The smallest absolute Gasteiger partial charge is 0.305 e. The molecular weight excluding hydrogens is 290 g/mol. The van der Waals surface area contributed by atoms with Crippen LogP contribution in [0.4, 0.5) is 0 Å². The lowest BCUT2D eigenvalue weighted by Crippen LogP contribution is -2.47. The maximum Gasteiger partial charge on any atom is 0.305 e. The Morgan fingerprint density at radius 2 is 1.86 bits per heavy atom. The molecule has 1 saturated heterocycles. The van der Waals surface area contributed by atoms with Crippen molar-refractivity contribution in [2.24, 2.45) is 0 Å². The molecule has 0 aromatic heterocycles. The molecule has 1 aromatic carbocycles. The fraction of sp³-hybridized carbons (Fsp3) is 0.400. The second kappa shape index (κ2) is 6.76. The van der Waals surface area contributed by atoms with E-state index < -0.39 is 5.97 Å². The Kier molecular flexibility index (Phi) is 5.01. The molecule has 1 heterocycles. The van der Waals surface area contributed by atoms with Crippen molar-refractivity contribution < 1.29 is 19.5 Å². The molecule has 0 saturated carbocycles. The highest BCUT2D eigenvalue weighted by Crippen LogP contribution is 2.21. The lowest BCUT2D eigenvalue weighted by molar-refractivity contribution is -0.138. The summed E-state index contributed by atoms with van der Waals surface area (Å²) in [4.78, 5) is 36.3. The average molecular weight is 307 g/mol. The minimum Gasteiger partial charge on any atom is -0.481 e. The summed E-state index contributed by atoms with van der Waals surface area (Å²) in [5.41, 5.74) is 1.05. The Labute approximate surface area is 127 Å². The number of Topliss-reactive ketones (excluding diaryl/α,β-unsaturated/α-hetero) is 1. The molecule has 0 bridgehead atoms. The van der Waals surface area contributed by atoms with Crippen LogP contribution in [0.1, 0.15) is 34.1 Å². The van der Waals surface area contributed by atoms with Crippen LogP contribution in [0.15, 0.2) is 24.3 Å². The van der Waals surface area contributed by atoms with Crippen LogP contribution in [0.25, 0.3) is 0 Å². The fourth-order valence-electron chi connectivity index (χ4n) is 2.31. The molecule has 0 radical (unpaired) electrons. The molecule has 21 heavy (non-hydrogen) atoms. The van der Waals surface area contributed by atoms with E-state index in [0.29, 0.717) is 23.4 Å². The minimum absolute atomic E-state index is 0.0374. The summed E-state index contributed by atoms with van der Waals surface area (Å²) in [6, 6.07) is 6.22. The van der Waals surface area contributed by atoms with Crippen LogP contribution in [0.3, 0.4) is 0 Å². The Bertz CT molecular complexity index is 555. The number of benzene rings is 1. The molecule has 2 rings (SSSR count). The Hall–Kier alpha value is -1.82. The number of ketones is 1. The number of hydrogen-bond donors (Lipinski definition) is 1. The van der Waals surface area contributed by atoms with Gasteiger partial charge >= 0.3 is 5.97 Å². The first-order valence-electron chi connectivity index (χ1n) is 6.70. The second-order valence-corrected chi connectivity index (χ2v) is 6.11. The summed E-state index contributed by atoms with van der Waals surface area (Å²) in [6.45, 7) is 2.03. The topological polar surface area (TPSA) is 74.7 Å². The zero-order valence-electron chi connectivity index (χ0n) is 11.7. The molecule has 1 aliphatic heterocycles. The maximum absolute atomic E-state index is 12.5. The van der Waals surface area contributed by atoms with E-state index in [4.69, 9.17) is 5.11 Å². The van der Waals surface area contributed by atoms with Crippen molar-refractivity contribution in [2.75, 3.05) is 18.1 Å². The number of carboxylic acids is 1. The van der Waals surface area contributed by atoms with Crippen molar-refractivity contribution >= 4 is 29.4 Å². The standard InChI is InChI=1S/C15H17NO4S/c1-10(17)11-2-4-12(5-3-11)15(20)16-6-7-21-9-13(16)8-14(18)19/h2-5,13H,6-9H2,1H3,(H,18,19). The van der Waals surface area contributed by atoms with E-state index in [0.717, 1.165) is 5.75 Å². The van der Waals surface area contributed by atoms with Gasteiger partial charge in [-0.3, -0.25) is 14.4 Å². The third kappa shape index (κ3) is 3.85. The number of thioether (sulfide) groups is 1. The lowest BCUT2D eigenvalue weighted by Gasteiger charge is -2.34. The van der Waals surface area contributed by atoms with E-state index in [-0.39, 0.29) is 24.2 Å². The Morgan fingerprint density at radius 3 is 2.43 bits per heavy atom. The lowest BCUT2D eigenvalue weighted by atomic mass is 10.1. The molecule has 0 aliphatic carbocycles. The van der Waals surface area contributed by atoms with Gasteiger partial charge in [-0.25, -0.2) is 0 Å². The highest BCUT2D eigenvalue weighted by Gasteiger charge is 2.29. The molecule has 1 unspecified atom stereocenters. The van der Waals surface area contributed by atoms with Crippen LogP contribution < -0.4 is 0 Å². The van der Waals surface area contributed by atoms with Crippen molar-refractivity contribution in [3.63, 3.8) is 0 Å². The zero-order valence-corrected chi connectivity index (χ0v) is 12.6. The third-order valence-electron chi connectivity index (χ3n) is 3.44. The minimum atomic E-state index is -0.896. The highest BCUT2D eigenvalue weighted by molar-refractivity contribution is 7.99. The molecule has 5 nitrogen and oxygen atoms in total. The monoisotopic (exact) mass is 307 g/mol. The van der Waals surface area contributed by atoms with Gasteiger partial charge in [0.15, 0.2) is 5.78 Å². The van der Waals surface area contributed by atoms with Gasteiger partial charge in [-0.05, 0) is 19.1 Å². The fourth-order valence-corrected chi connectivity index (χ4v) is 3.37. The summed E-state index contributed by atoms with van der Waals surface area (Å²) in [6.07, 6.45) is -0.0374. The first kappa shape index (κ1) is 15.6. The average Bonchev–Trinajstić information content (AvgIpc) is 2.46. The predicted octanol–water partition coefficient (Wildman–Crippen LogP) is 1.92. The molecular formula is C15H17NO4S. The van der Waals surface area contributed by atoms with Gasteiger partial charge in [0, 0.05) is 29.2 Å². The van der Waals surface area contributed by atoms with E-state index in [2.05, 4.69) is 0 Å². The Balaban J connectivity index is 2.16. The first-order chi connectivity index (χ1) is 9.99. The normalized spacial score (nSPS) is 18.3. The van der Waals surface area contributed by atoms with Crippen molar-refractivity contribution in [3.8, 4) is 0 Å². The van der Waals surface area contributed by atoms with Crippen LogP contribution in [-0.4, -0.2) is 51.8 Å². The molecule has 112 valence electrons. The van der Waals surface area contributed by atoms with Gasteiger partial charge in [-0.2, -0.15) is 11.8 Å². The number of carbonyl (C=O) groups is 3. The van der Waals surface area contributed by atoms with Gasteiger partial charge in [0.1, 0.15) is 0 Å². The maximum atomic E-state index is 12.5. The largest absolute Gasteiger partial charge is 0.481 e. The first-order valence-corrected chi connectivity index (χ1v) is 7.86. The number of aliphatic carboxylic acids is 1. The second-order valence-electron chi connectivity index (χ2n) is 4.96. The Morgan fingerprint density at radius 1 is 1.24 bits per heavy atom. The van der Waals surface area contributed by atoms with Crippen molar-refractivity contribution in [3.05, 3.63) is 35.4 Å². The summed E-state index contributed by atoms with van der Waals surface area (Å²) in [7, 11) is 0. The van der Waals surface area contributed by atoms with Crippen LogP contribution in [-0.2, 0) is 4.79 Å². The van der Waals surface area contributed by atoms with Crippen LogP contribution >= 0.6 is 11.8 Å². The summed E-state index contributed by atoms with van der Waals surface area (Å²) in [5.74, 6) is 0.341. The van der Waals surface area contributed by atoms with Crippen LogP contribution in [0.2, 0.25) is 0 Å². The quantitative estimate of drug-likeness (QED) is 0.860. The van der Waals surface area contributed by atoms with E-state index in [1.807, 2.05) is 0 Å². The van der Waals surface area contributed by atoms with E-state index >= 15 is 0 Å². The number of hydrogen-bond acceptors (Lipinski definition) is 4. The van der Waals surface area contributed by atoms with Gasteiger partial charge in [-0.1, -0.05) is 12.1 Å². The van der Waals surface area contributed by atoms with Crippen molar-refractivity contribution in [1.82, 2.24) is 4.90 Å². The molecule has 6 heteroatoms. The number of carbonyl (C=O) groups excluding carboxylic acids is 2. The van der Waals surface area contributed by atoms with E-state index in [1.54, 1.807) is 40.9 Å². The van der Waals surface area contributed by atoms with Crippen LogP contribution in [0, 0.1) is 0 Å². The zero-order chi connectivity index (χ0) is 15.4. The third-order valence-corrected chi connectivity index (χ3v) is 4.53. The van der Waals surface area contributed by atoms with Gasteiger partial charge in [0.2, 0.25) is 0 Å². The van der Waals surface area contributed by atoms with Gasteiger partial charge in [0.05, 0.1) is 12.5 Å². The van der Waals surface area contributed by atoms with Crippen molar-refractivity contribution in [2.45, 2.75) is 19.4 Å². The van der Waals surface area contributed by atoms with E-state index in [1.165, 1.54) is 6.92 Å². The SMILES string of the molecule is CC(=O)c1ccc(C(=O)N2CCSCC2CC(=O)O)cc1. The number of carboxylic acid groups (broad SMARTS) is 1. The highest BCUT2D eigenvalue weighted by atomic mass is 32.2. The molecule has 1 aliphatic rings. The van der Waals surface area contributed by atoms with Gasteiger partial charge < -0.3 is 10.0 Å². The number of amides is 1. The van der Waals surface area contributed by atoms with Crippen molar-refractivity contribution in [1.29, 1.82) is 0 Å². The van der Waals surface area contributed by atoms with Gasteiger partial charge in [-0.15, -0.1) is 0 Å². The van der Waals surface area contributed by atoms with E-state index in [9.17, 15) is 14.4 Å². The molecule has 1 aromatic rings.